The third-order valence-electron chi connectivity index (χ3n) is 8.09. The second-order valence-corrected chi connectivity index (χ2v) is 12.0. The van der Waals surface area contributed by atoms with E-state index in [0.717, 1.165) is 12.8 Å². The zero-order valence-corrected chi connectivity index (χ0v) is 22.4. The van der Waals surface area contributed by atoms with Gasteiger partial charge in [-0.05, 0) is 54.7 Å². The van der Waals surface area contributed by atoms with Crippen LogP contribution in [-0.2, 0) is 12.6 Å². The molecule has 2 aromatic rings. The Bertz CT molecular complexity index is 1330. The largest absolute Gasteiger partial charge is 0.435 e. The Morgan fingerprint density at radius 1 is 1.13 bits per heavy atom. The predicted molar refractivity (Wildman–Crippen MR) is 138 cm³/mol. The van der Waals surface area contributed by atoms with Crippen LogP contribution in [-0.4, -0.2) is 70.5 Å². The van der Waals surface area contributed by atoms with E-state index >= 15 is 0 Å². The van der Waals surface area contributed by atoms with Crippen molar-refractivity contribution in [1.82, 2.24) is 19.6 Å². The number of carbonyl (C=O) groups excluding carboxylic acids is 3. The first-order chi connectivity index (χ1) is 18.1. The summed E-state index contributed by atoms with van der Waals surface area (Å²) in [5.74, 6) is -0.620. The van der Waals surface area contributed by atoms with Crippen LogP contribution in [0.2, 0.25) is 0 Å². The first kappa shape index (κ1) is 27.0. The summed E-state index contributed by atoms with van der Waals surface area (Å²) >= 11 is 0. The number of ketones is 1. The van der Waals surface area contributed by atoms with Crippen molar-refractivity contribution in [2.75, 3.05) is 32.5 Å². The molecule has 0 bridgehead atoms. The number of urea groups is 1. The molecular formula is C27H33F3N6O3. The monoisotopic (exact) mass is 546 g/mol. The second-order valence-electron chi connectivity index (χ2n) is 12.0. The van der Waals surface area contributed by atoms with Crippen LogP contribution in [0.15, 0.2) is 18.2 Å². The van der Waals surface area contributed by atoms with Crippen molar-refractivity contribution >= 4 is 23.4 Å². The van der Waals surface area contributed by atoms with E-state index in [9.17, 15) is 27.6 Å². The maximum Gasteiger partial charge on any atom is 0.435 e. The second kappa shape index (κ2) is 9.27. The Hall–Kier alpha value is -3.57. The summed E-state index contributed by atoms with van der Waals surface area (Å²) in [7, 11) is 3.45. The number of primary amides is 1. The minimum atomic E-state index is -4.79. The average Bonchev–Trinajstić information content (AvgIpc) is 3.48. The molecule has 9 nitrogen and oxygen atoms in total. The van der Waals surface area contributed by atoms with E-state index in [0.29, 0.717) is 36.3 Å². The third kappa shape index (κ3) is 4.96. The number of alkyl halides is 3. The number of benzene rings is 1. The fraction of sp³-hybridized carbons (Fsp3) is 0.556. The number of carbonyl (C=O) groups is 3. The molecule has 12 heteroatoms. The summed E-state index contributed by atoms with van der Waals surface area (Å²) in [5, 5.41) is 7.26. The molecule has 0 spiro atoms. The number of aromatic nitrogens is 2. The molecule has 1 aromatic heterocycles. The van der Waals surface area contributed by atoms with Gasteiger partial charge in [0.2, 0.25) is 0 Å². The maximum atomic E-state index is 13.9. The van der Waals surface area contributed by atoms with Gasteiger partial charge in [0.15, 0.2) is 11.5 Å². The van der Waals surface area contributed by atoms with Crippen molar-refractivity contribution in [3.8, 4) is 5.69 Å². The highest BCUT2D eigenvalue weighted by atomic mass is 19.4. The van der Waals surface area contributed by atoms with E-state index < -0.39 is 29.0 Å². The number of nitrogens with two attached hydrogens (primary N) is 1. The number of likely N-dealkylation sites (tertiary alicyclic amines) is 1. The Morgan fingerprint density at radius 2 is 1.77 bits per heavy atom. The van der Waals surface area contributed by atoms with Gasteiger partial charge >= 0.3 is 12.2 Å². The first-order valence-corrected chi connectivity index (χ1v) is 13.0. The molecule has 1 aromatic carbocycles. The molecule has 3 amide bonds. The first-order valence-electron chi connectivity index (χ1n) is 13.0. The molecule has 5 rings (SSSR count). The van der Waals surface area contributed by atoms with Crippen LogP contribution in [0, 0.1) is 17.3 Å². The van der Waals surface area contributed by atoms with Gasteiger partial charge in [0, 0.05) is 45.3 Å². The van der Waals surface area contributed by atoms with E-state index in [1.807, 2.05) is 18.7 Å². The van der Waals surface area contributed by atoms with Crippen molar-refractivity contribution < 1.29 is 27.6 Å². The normalized spacial score (nSPS) is 23.9. The van der Waals surface area contributed by atoms with Crippen LogP contribution in [0.4, 0.5) is 23.7 Å². The fourth-order valence-corrected chi connectivity index (χ4v) is 6.44. The highest BCUT2D eigenvalue weighted by Crippen LogP contribution is 2.43. The number of anilines is 1. The van der Waals surface area contributed by atoms with Gasteiger partial charge in [-0.3, -0.25) is 9.59 Å². The summed E-state index contributed by atoms with van der Waals surface area (Å²) in [6, 6.07) is 4.54. The van der Waals surface area contributed by atoms with Gasteiger partial charge in [0.05, 0.1) is 22.5 Å². The lowest BCUT2D eigenvalue weighted by molar-refractivity contribution is -0.141. The van der Waals surface area contributed by atoms with Gasteiger partial charge in [-0.1, -0.05) is 13.8 Å². The van der Waals surface area contributed by atoms with E-state index in [1.54, 1.807) is 25.1 Å². The van der Waals surface area contributed by atoms with Gasteiger partial charge < -0.3 is 20.9 Å². The molecule has 2 aliphatic carbocycles. The van der Waals surface area contributed by atoms with Crippen molar-refractivity contribution in [2.45, 2.75) is 51.7 Å². The molecule has 1 saturated carbocycles. The van der Waals surface area contributed by atoms with Crippen LogP contribution in [0.1, 0.15) is 65.2 Å². The Morgan fingerprint density at radius 3 is 2.33 bits per heavy atom. The van der Waals surface area contributed by atoms with E-state index in [2.05, 4.69) is 10.4 Å². The van der Waals surface area contributed by atoms with Crippen LogP contribution in [0.25, 0.3) is 5.69 Å². The number of fused-ring (bicyclic) bond motifs is 2. The number of nitrogens with zero attached hydrogens (tertiary/aromatic N) is 4. The van der Waals surface area contributed by atoms with Crippen molar-refractivity contribution in [3.05, 3.63) is 40.7 Å². The molecule has 1 aliphatic heterocycles. The van der Waals surface area contributed by atoms with E-state index in [1.165, 1.54) is 16.8 Å². The van der Waals surface area contributed by atoms with Gasteiger partial charge in [-0.25, -0.2) is 9.48 Å². The van der Waals surface area contributed by atoms with Gasteiger partial charge in [0.25, 0.3) is 5.91 Å². The van der Waals surface area contributed by atoms with Crippen molar-refractivity contribution in [3.63, 3.8) is 0 Å². The Balaban J connectivity index is 1.46. The summed E-state index contributed by atoms with van der Waals surface area (Å²) in [6.07, 6.45) is -2.98. The van der Waals surface area contributed by atoms with Crippen molar-refractivity contribution in [1.29, 1.82) is 0 Å². The average molecular weight is 547 g/mol. The van der Waals surface area contributed by atoms with Crippen LogP contribution < -0.4 is 11.1 Å². The topological polar surface area (TPSA) is 114 Å². The number of halogens is 3. The molecular weight excluding hydrogens is 513 g/mol. The maximum absolute atomic E-state index is 13.9. The lowest BCUT2D eigenvalue weighted by Crippen LogP contribution is -2.38. The summed E-state index contributed by atoms with van der Waals surface area (Å²) in [5.41, 5.74) is 4.68. The van der Waals surface area contributed by atoms with Crippen LogP contribution >= 0.6 is 0 Å². The molecule has 1 saturated heterocycles. The van der Waals surface area contributed by atoms with Gasteiger partial charge in [0.1, 0.15) is 0 Å². The highest BCUT2D eigenvalue weighted by Gasteiger charge is 2.46. The molecule has 2 heterocycles. The number of Topliss-reactive ketones (excluding diaryl/α,β-unsaturated/α-hetero) is 1. The number of hydrogen-bond donors (Lipinski definition) is 2. The van der Waals surface area contributed by atoms with Crippen LogP contribution in [0.5, 0.6) is 0 Å². The standard InChI is InChI=1S/C27H33F3N6O3/c1-26(2)10-20-22(21(37)11-26)23(27(28,29)30)33-36(20)17-5-6-18(24(31)38)19(9-17)32-16-7-14-12-35(13-15(14)8-16)25(39)34(3)4/h5-6,9,14-16,32H,7-8,10-13H2,1-4H3,(H2,31,38)/t14-,15+,16?. The quantitative estimate of drug-likeness (QED) is 0.603. The molecule has 210 valence electrons. The molecule has 3 N–H and O–H groups in total. The fourth-order valence-electron chi connectivity index (χ4n) is 6.44. The summed E-state index contributed by atoms with van der Waals surface area (Å²) in [4.78, 5) is 40.8. The Labute approximate surface area is 224 Å². The van der Waals surface area contributed by atoms with E-state index in [4.69, 9.17) is 5.73 Å². The van der Waals surface area contributed by atoms with Crippen LogP contribution in [0.3, 0.4) is 0 Å². The molecule has 2 fully saturated rings. The van der Waals surface area contributed by atoms with Gasteiger partial charge in [-0.15, -0.1) is 0 Å². The highest BCUT2D eigenvalue weighted by molar-refractivity contribution is 6.00. The SMILES string of the molecule is CN(C)C(=O)N1C[C@H]2CC(Nc3cc(-n4nc(C(F)(F)F)c5c4CC(C)(C)CC5=O)ccc3C(N)=O)C[C@H]2C1. The third-order valence-corrected chi connectivity index (χ3v) is 8.09. The van der Waals surface area contributed by atoms with Gasteiger partial charge in [-0.2, -0.15) is 18.3 Å². The zero-order valence-electron chi connectivity index (χ0n) is 22.4. The van der Waals surface area contributed by atoms with Crippen molar-refractivity contribution in [2.24, 2.45) is 23.0 Å². The molecule has 1 unspecified atom stereocenters. The molecule has 3 aliphatic rings. The zero-order chi connectivity index (χ0) is 28.4. The lowest BCUT2D eigenvalue weighted by atomic mass is 9.75. The Kier molecular flexibility index (Phi) is 6.42. The minimum Gasteiger partial charge on any atom is -0.382 e. The number of amides is 3. The number of nitrogens with one attached hydrogen (secondary N) is 1. The molecule has 39 heavy (non-hydrogen) atoms. The number of hydrogen-bond acceptors (Lipinski definition) is 5. The molecule has 3 atom stereocenters. The smallest absolute Gasteiger partial charge is 0.382 e. The summed E-state index contributed by atoms with van der Waals surface area (Å²) in [6.45, 7) is 5.00. The number of rotatable bonds is 4. The van der Waals surface area contributed by atoms with E-state index in [-0.39, 0.29) is 41.7 Å². The predicted octanol–water partition coefficient (Wildman–Crippen LogP) is 3.95. The minimum absolute atomic E-state index is 0.00254. The summed E-state index contributed by atoms with van der Waals surface area (Å²) < 4.78 is 42.9. The lowest BCUT2D eigenvalue weighted by Gasteiger charge is -2.29. The molecule has 0 radical (unpaired) electrons.